The maximum absolute atomic E-state index is 10.3. The second-order valence-electron chi connectivity index (χ2n) is 3.51. The van der Waals surface area contributed by atoms with Crippen LogP contribution in [0, 0.1) is 13.8 Å². The fourth-order valence-corrected chi connectivity index (χ4v) is 1.47. The van der Waals surface area contributed by atoms with Gasteiger partial charge >= 0.3 is 0 Å². The van der Waals surface area contributed by atoms with Crippen molar-refractivity contribution < 1.29 is 4.79 Å². The van der Waals surface area contributed by atoms with Crippen LogP contribution < -0.4 is 0 Å². The Bertz CT molecular complexity index is 446. The molecule has 0 amide bonds. The van der Waals surface area contributed by atoms with Crippen molar-refractivity contribution in [2.45, 2.75) is 20.3 Å². The van der Waals surface area contributed by atoms with Gasteiger partial charge < -0.3 is 9.20 Å². The van der Waals surface area contributed by atoms with Crippen LogP contribution in [-0.4, -0.2) is 15.7 Å². The van der Waals surface area contributed by atoms with Crippen LogP contribution in [0.3, 0.4) is 0 Å². The molecule has 0 bridgehead atoms. The predicted octanol–water partition coefficient (Wildman–Crippen LogP) is 1.69. The summed E-state index contributed by atoms with van der Waals surface area (Å²) in [5, 5.41) is 0. The van der Waals surface area contributed by atoms with Crippen molar-refractivity contribution in [2.24, 2.45) is 0 Å². The van der Waals surface area contributed by atoms with E-state index in [-0.39, 0.29) is 0 Å². The van der Waals surface area contributed by atoms with Crippen molar-refractivity contribution in [1.29, 1.82) is 0 Å². The van der Waals surface area contributed by atoms with Gasteiger partial charge in [0.2, 0.25) is 0 Å². The Morgan fingerprint density at radius 2 is 2.14 bits per heavy atom. The van der Waals surface area contributed by atoms with E-state index in [9.17, 15) is 4.79 Å². The lowest BCUT2D eigenvalue weighted by Crippen LogP contribution is -1.87. The Morgan fingerprint density at radius 1 is 1.36 bits per heavy atom. The van der Waals surface area contributed by atoms with Gasteiger partial charge in [0.15, 0.2) is 0 Å². The maximum atomic E-state index is 10.3. The molecule has 2 heterocycles. The number of pyridine rings is 1. The number of aryl methyl sites for hydroxylation is 2. The van der Waals surface area contributed by atoms with Gasteiger partial charge in [0.25, 0.3) is 0 Å². The van der Waals surface area contributed by atoms with Crippen molar-refractivity contribution in [3.05, 3.63) is 35.3 Å². The van der Waals surface area contributed by atoms with E-state index < -0.39 is 0 Å². The third-order valence-electron chi connectivity index (χ3n) is 2.40. The first-order chi connectivity index (χ1) is 6.70. The zero-order valence-corrected chi connectivity index (χ0v) is 8.32. The van der Waals surface area contributed by atoms with Gasteiger partial charge in [-0.3, -0.25) is 0 Å². The fraction of sp³-hybridized carbons (Fsp3) is 0.273. The first-order valence-corrected chi connectivity index (χ1v) is 4.59. The summed E-state index contributed by atoms with van der Waals surface area (Å²) in [7, 11) is 0. The Hall–Kier alpha value is -1.64. The molecule has 2 rings (SSSR count). The number of imidazole rings is 1. The standard InChI is InChI=1S/C11H12N2O/c1-8-5-11-12-10(3-4-14)7-13(11)6-9(8)2/h4-7H,3H2,1-2H3. The molecule has 0 aliphatic heterocycles. The minimum absolute atomic E-state index is 0.389. The van der Waals surface area contributed by atoms with Crippen molar-refractivity contribution >= 4 is 11.9 Å². The van der Waals surface area contributed by atoms with Gasteiger partial charge in [0.1, 0.15) is 11.9 Å². The second kappa shape index (κ2) is 3.25. The lowest BCUT2D eigenvalue weighted by Gasteiger charge is -1.99. The molecule has 2 aromatic rings. The summed E-state index contributed by atoms with van der Waals surface area (Å²) >= 11 is 0. The number of fused-ring (bicyclic) bond motifs is 1. The van der Waals surface area contributed by atoms with E-state index in [1.807, 2.05) is 22.9 Å². The number of aromatic nitrogens is 2. The van der Waals surface area contributed by atoms with Crippen molar-refractivity contribution in [3.63, 3.8) is 0 Å². The van der Waals surface area contributed by atoms with Crippen LogP contribution in [0.15, 0.2) is 18.5 Å². The third-order valence-corrected chi connectivity index (χ3v) is 2.40. The monoisotopic (exact) mass is 188 g/mol. The summed E-state index contributed by atoms with van der Waals surface area (Å²) in [6.07, 6.45) is 5.20. The average Bonchev–Trinajstić information content (AvgIpc) is 2.48. The molecule has 0 radical (unpaired) electrons. The lowest BCUT2D eigenvalue weighted by atomic mass is 10.2. The topological polar surface area (TPSA) is 34.4 Å². The molecule has 2 aromatic heterocycles. The number of hydrogen-bond donors (Lipinski definition) is 0. The Labute approximate surface area is 82.4 Å². The van der Waals surface area contributed by atoms with Gasteiger partial charge in [-0.05, 0) is 31.0 Å². The molecule has 3 nitrogen and oxygen atoms in total. The highest BCUT2D eigenvalue weighted by atomic mass is 16.1. The number of carbonyl (C=O) groups is 1. The third kappa shape index (κ3) is 1.41. The Morgan fingerprint density at radius 3 is 2.86 bits per heavy atom. The van der Waals surface area contributed by atoms with E-state index in [0.717, 1.165) is 17.6 Å². The Kier molecular flexibility index (Phi) is 2.08. The molecule has 0 fully saturated rings. The number of rotatable bonds is 2. The van der Waals surface area contributed by atoms with Crippen molar-refractivity contribution in [3.8, 4) is 0 Å². The van der Waals surface area contributed by atoms with E-state index in [0.29, 0.717) is 6.42 Å². The number of nitrogens with zero attached hydrogens (tertiary/aromatic N) is 2. The van der Waals surface area contributed by atoms with Crippen molar-refractivity contribution in [2.75, 3.05) is 0 Å². The minimum atomic E-state index is 0.389. The minimum Gasteiger partial charge on any atom is -0.307 e. The summed E-state index contributed by atoms with van der Waals surface area (Å²) < 4.78 is 1.96. The van der Waals surface area contributed by atoms with Gasteiger partial charge in [0, 0.05) is 18.8 Å². The SMILES string of the molecule is Cc1cc2nc(CC=O)cn2cc1C. The predicted molar refractivity (Wildman–Crippen MR) is 54.4 cm³/mol. The van der Waals surface area contributed by atoms with Crippen LogP contribution in [0.2, 0.25) is 0 Å². The lowest BCUT2D eigenvalue weighted by molar-refractivity contribution is -0.107. The van der Waals surface area contributed by atoms with E-state index >= 15 is 0 Å². The van der Waals surface area contributed by atoms with Gasteiger partial charge in [-0.2, -0.15) is 0 Å². The molecule has 0 saturated heterocycles. The molecule has 72 valence electrons. The first kappa shape index (κ1) is 8.94. The van der Waals surface area contributed by atoms with Crippen molar-refractivity contribution in [1.82, 2.24) is 9.38 Å². The van der Waals surface area contributed by atoms with Crippen LogP contribution >= 0.6 is 0 Å². The zero-order chi connectivity index (χ0) is 10.1. The maximum Gasteiger partial charge on any atom is 0.137 e. The quantitative estimate of drug-likeness (QED) is 0.672. The molecule has 0 atom stereocenters. The number of hydrogen-bond acceptors (Lipinski definition) is 2. The molecule has 0 aromatic carbocycles. The average molecular weight is 188 g/mol. The highest BCUT2D eigenvalue weighted by Crippen LogP contribution is 2.11. The summed E-state index contributed by atoms with van der Waals surface area (Å²) in [5.41, 5.74) is 4.18. The smallest absolute Gasteiger partial charge is 0.137 e. The molecule has 0 aliphatic carbocycles. The Balaban J connectivity index is 2.59. The largest absolute Gasteiger partial charge is 0.307 e. The zero-order valence-electron chi connectivity index (χ0n) is 8.32. The van der Waals surface area contributed by atoms with Gasteiger partial charge in [-0.1, -0.05) is 0 Å². The van der Waals surface area contributed by atoms with E-state index in [1.165, 1.54) is 11.1 Å². The summed E-state index contributed by atoms with van der Waals surface area (Å²) in [6.45, 7) is 4.12. The highest BCUT2D eigenvalue weighted by molar-refractivity contribution is 5.55. The van der Waals surface area contributed by atoms with E-state index in [2.05, 4.69) is 18.8 Å². The second-order valence-corrected chi connectivity index (χ2v) is 3.51. The molecule has 3 heteroatoms. The molecule has 0 N–H and O–H groups in total. The molecular formula is C11H12N2O. The molecule has 0 aliphatic rings. The van der Waals surface area contributed by atoms with Gasteiger partial charge in [-0.15, -0.1) is 0 Å². The number of aldehydes is 1. The molecular weight excluding hydrogens is 176 g/mol. The molecule has 0 saturated carbocycles. The van der Waals surface area contributed by atoms with E-state index in [1.54, 1.807) is 0 Å². The normalized spacial score (nSPS) is 10.7. The van der Waals surface area contributed by atoms with Crippen LogP contribution in [-0.2, 0) is 11.2 Å². The van der Waals surface area contributed by atoms with Gasteiger partial charge in [-0.25, -0.2) is 4.98 Å². The van der Waals surface area contributed by atoms with Crippen LogP contribution in [0.1, 0.15) is 16.8 Å². The fourth-order valence-electron chi connectivity index (χ4n) is 1.47. The van der Waals surface area contributed by atoms with E-state index in [4.69, 9.17) is 0 Å². The highest BCUT2D eigenvalue weighted by Gasteiger charge is 2.02. The summed E-state index contributed by atoms with van der Waals surface area (Å²) in [6, 6.07) is 2.03. The molecule has 0 unspecified atom stereocenters. The van der Waals surface area contributed by atoms with Crippen LogP contribution in [0.5, 0.6) is 0 Å². The van der Waals surface area contributed by atoms with Gasteiger partial charge in [0.05, 0.1) is 5.69 Å². The molecule has 14 heavy (non-hydrogen) atoms. The molecule has 0 spiro atoms. The van der Waals surface area contributed by atoms with Crippen LogP contribution in [0.25, 0.3) is 5.65 Å². The summed E-state index contributed by atoms with van der Waals surface area (Å²) in [4.78, 5) is 14.7. The van der Waals surface area contributed by atoms with Crippen LogP contribution in [0.4, 0.5) is 0 Å². The number of carbonyl (C=O) groups excluding carboxylic acids is 1. The first-order valence-electron chi connectivity index (χ1n) is 4.59. The summed E-state index contributed by atoms with van der Waals surface area (Å²) in [5.74, 6) is 0.